The Balaban J connectivity index is 1.49. The Morgan fingerprint density at radius 2 is 1.67 bits per heavy atom. The van der Waals surface area contributed by atoms with Crippen molar-refractivity contribution in [3.8, 4) is 5.75 Å². The van der Waals surface area contributed by atoms with Crippen LogP contribution in [0.4, 0.5) is 0 Å². The molecule has 3 rings (SSSR count). The Morgan fingerprint density at radius 3 is 2.26 bits per heavy atom. The van der Waals surface area contributed by atoms with E-state index in [-0.39, 0.29) is 37.2 Å². The molecule has 39 heavy (non-hydrogen) atoms. The smallest absolute Gasteiger partial charge is 0.248 e. The summed E-state index contributed by atoms with van der Waals surface area (Å²) in [4.78, 5) is 19.9. The minimum Gasteiger partial charge on any atom is -0.497 e. The number of ether oxygens (including phenoxy) is 3. The summed E-state index contributed by atoms with van der Waals surface area (Å²) in [6.45, 7) is 16.3. The first-order valence-electron chi connectivity index (χ1n) is 14.3. The maximum atomic E-state index is 13.7. The number of aryl methyl sites for hydroxylation is 2. The maximum absolute atomic E-state index is 13.7. The first-order chi connectivity index (χ1) is 18.7. The predicted molar refractivity (Wildman–Crippen MR) is 152 cm³/mol. The molecule has 10 nitrogen and oxygen atoms in total. The zero-order valence-corrected chi connectivity index (χ0v) is 25.3. The van der Waals surface area contributed by atoms with Crippen LogP contribution in [-0.2, 0) is 24.3 Å². The lowest BCUT2D eigenvalue weighted by molar-refractivity contribution is -0.138. The molecule has 0 aliphatic carbocycles. The summed E-state index contributed by atoms with van der Waals surface area (Å²) < 4.78 is 45.5. The largest absolute Gasteiger partial charge is 0.497 e. The second kappa shape index (κ2) is 15.3. The summed E-state index contributed by atoms with van der Waals surface area (Å²) in [5.74, 6) is 0.571. The molecule has 2 fully saturated rings. The van der Waals surface area contributed by atoms with Crippen molar-refractivity contribution in [2.75, 3.05) is 92.4 Å². The van der Waals surface area contributed by atoms with Gasteiger partial charge in [0.05, 0.1) is 37.9 Å². The quantitative estimate of drug-likeness (QED) is 0.337. The van der Waals surface area contributed by atoms with Crippen molar-refractivity contribution >= 4 is 15.9 Å². The summed E-state index contributed by atoms with van der Waals surface area (Å²) in [5.41, 5.74) is 1.27. The lowest BCUT2D eigenvalue weighted by Gasteiger charge is -2.36. The molecule has 2 heterocycles. The molecule has 0 saturated carbocycles. The van der Waals surface area contributed by atoms with Gasteiger partial charge in [0.25, 0.3) is 0 Å². The molecule has 1 atom stereocenters. The van der Waals surface area contributed by atoms with Gasteiger partial charge in [-0.3, -0.25) is 9.69 Å². The van der Waals surface area contributed by atoms with Crippen LogP contribution in [0.1, 0.15) is 37.8 Å². The van der Waals surface area contributed by atoms with E-state index in [0.29, 0.717) is 36.6 Å². The standard InChI is InChI=1S/C28H48N4O6S/c1-6-8-29(9-7-2)10-11-30-12-14-31(15-13-30)27(33)22-38-21-25-20-37-17-16-32(25)39(34,35)28-23(3)18-26(36-5)19-24(28)4/h18-19,25H,6-17,20-22H2,1-5H3/t25-/m0/s1. The normalized spacial score (nSPS) is 19.5. The number of hydrogen-bond donors (Lipinski definition) is 0. The molecule has 2 saturated heterocycles. The number of piperazine rings is 1. The second-order valence-electron chi connectivity index (χ2n) is 10.5. The first-order valence-corrected chi connectivity index (χ1v) is 15.7. The van der Waals surface area contributed by atoms with E-state index in [9.17, 15) is 13.2 Å². The topological polar surface area (TPSA) is 91.9 Å². The highest BCUT2D eigenvalue weighted by atomic mass is 32.2. The van der Waals surface area contributed by atoms with E-state index in [1.807, 2.05) is 4.90 Å². The van der Waals surface area contributed by atoms with Crippen LogP contribution in [0, 0.1) is 13.8 Å². The lowest BCUT2D eigenvalue weighted by atomic mass is 10.1. The molecule has 11 heteroatoms. The zero-order chi connectivity index (χ0) is 28.4. The van der Waals surface area contributed by atoms with Crippen molar-refractivity contribution in [2.24, 2.45) is 0 Å². The van der Waals surface area contributed by atoms with Gasteiger partial charge in [-0.15, -0.1) is 0 Å². The number of carbonyl (C=O) groups excluding carboxylic acids is 1. The third-order valence-electron chi connectivity index (χ3n) is 7.48. The molecular weight excluding hydrogens is 520 g/mol. The molecule has 1 amide bonds. The van der Waals surface area contributed by atoms with Gasteiger partial charge in [0.2, 0.25) is 15.9 Å². The van der Waals surface area contributed by atoms with Gasteiger partial charge in [-0.25, -0.2) is 8.42 Å². The van der Waals surface area contributed by atoms with Crippen LogP contribution in [0.25, 0.3) is 0 Å². The van der Waals surface area contributed by atoms with E-state index in [0.717, 1.165) is 39.3 Å². The SMILES string of the molecule is CCCN(CCC)CCN1CCN(C(=O)COC[C@@H]2COCCN2S(=O)(=O)c2c(C)cc(OC)cc2C)CC1. The van der Waals surface area contributed by atoms with Crippen LogP contribution in [0.3, 0.4) is 0 Å². The molecule has 2 aliphatic rings. The number of methoxy groups -OCH3 is 1. The Morgan fingerprint density at radius 1 is 1.03 bits per heavy atom. The maximum Gasteiger partial charge on any atom is 0.248 e. The molecule has 0 aromatic heterocycles. The van der Waals surface area contributed by atoms with Gasteiger partial charge in [0, 0.05) is 45.8 Å². The van der Waals surface area contributed by atoms with Crippen LogP contribution in [0.5, 0.6) is 5.75 Å². The third kappa shape index (κ3) is 8.61. The number of carbonyl (C=O) groups is 1. The number of hydrogen-bond acceptors (Lipinski definition) is 8. The molecular formula is C28H48N4O6S. The predicted octanol–water partition coefficient (Wildman–Crippen LogP) is 1.98. The van der Waals surface area contributed by atoms with E-state index >= 15 is 0 Å². The molecule has 222 valence electrons. The third-order valence-corrected chi connectivity index (χ3v) is 9.74. The van der Waals surface area contributed by atoms with E-state index in [1.165, 1.54) is 17.1 Å². The molecule has 1 aromatic carbocycles. The van der Waals surface area contributed by atoms with Crippen LogP contribution < -0.4 is 4.74 Å². The van der Waals surface area contributed by atoms with Crippen molar-refractivity contribution in [3.63, 3.8) is 0 Å². The number of sulfonamides is 1. The fraction of sp³-hybridized carbons (Fsp3) is 0.750. The van der Waals surface area contributed by atoms with Crippen molar-refractivity contribution in [2.45, 2.75) is 51.5 Å². The summed E-state index contributed by atoms with van der Waals surface area (Å²) >= 11 is 0. The Bertz CT molecular complexity index is 1000. The van der Waals surface area contributed by atoms with E-state index in [2.05, 4.69) is 23.6 Å². The summed E-state index contributed by atoms with van der Waals surface area (Å²) in [6.07, 6.45) is 2.33. The Kier molecular flexibility index (Phi) is 12.5. The molecule has 1 aromatic rings. The fourth-order valence-corrected chi connectivity index (χ4v) is 7.48. The molecule has 0 radical (unpaired) electrons. The van der Waals surface area contributed by atoms with Gasteiger partial charge in [-0.1, -0.05) is 13.8 Å². The number of benzene rings is 1. The number of amides is 1. The monoisotopic (exact) mass is 568 g/mol. The number of nitrogens with zero attached hydrogens (tertiary/aromatic N) is 4. The second-order valence-corrected chi connectivity index (χ2v) is 12.3. The fourth-order valence-electron chi connectivity index (χ4n) is 5.48. The highest BCUT2D eigenvalue weighted by Crippen LogP contribution is 2.30. The average molecular weight is 569 g/mol. The average Bonchev–Trinajstić information content (AvgIpc) is 2.91. The van der Waals surface area contributed by atoms with Gasteiger partial charge < -0.3 is 24.0 Å². The van der Waals surface area contributed by atoms with Crippen LogP contribution >= 0.6 is 0 Å². The number of morpholine rings is 1. The summed E-state index contributed by atoms with van der Waals surface area (Å²) in [5, 5.41) is 0. The van der Waals surface area contributed by atoms with Gasteiger partial charge in [0.1, 0.15) is 12.4 Å². The minimum absolute atomic E-state index is 0.0544. The Hall–Kier alpha value is -1.76. The first kappa shape index (κ1) is 31.8. The van der Waals surface area contributed by atoms with Crippen molar-refractivity contribution < 1.29 is 27.4 Å². The van der Waals surface area contributed by atoms with Crippen LogP contribution in [0.2, 0.25) is 0 Å². The highest BCUT2D eigenvalue weighted by molar-refractivity contribution is 7.89. The Labute approximate surface area is 235 Å². The van der Waals surface area contributed by atoms with Gasteiger partial charge in [0.15, 0.2) is 0 Å². The molecule has 0 bridgehead atoms. The van der Waals surface area contributed by atoms with Gasteiger partial charge >= 0.3 is 0 Å². The molecule has 0 spiro atoms. The molecule has 2 aliphatic heterocycles. The lowest BCUT2D eigenvalue weighted by Crippen LogP contribution is -2.52. The van der Waals surface area contributed by atoms with E-state index < -0.39 is 16.1 Å². The highest BCUT2D eigenvalue weighted by Gasteiger charge is 2.36. The van der Waals surface area contributed by atoms with Crippen LogP contribution in [0.15, 0.2) is 17.0 Å². The summed E-state index contributed by atoms with van der Waals surface area (Å²) in [7, 11) is -2.22. The summed E-state index contributed by atoms with van der Waals surface area (Å²) in [6, 6.07) is 2.97. The van der Waals surface area contributed by atoms with Crippen LogP contribution in [-0.4, -0.2) is 132 Å². The molecule has 0 N–H and O–H groups in total. The zero-order valence-electron chi connectivity index (χ0n) is 24.5. The van der Waals surface area contributed by atoms with Gasteiger partial charge in [-0.05, 0) is 63.0 Å². The minimum atomic E-state index is -3.78. The van der Waals surface area contributed by atoms with Crippen molar-refractivity contribution in [1.82, 2.24) is 19.0 Å². The van der Waals surface area contributed by atoms with Gasteiger partial charge in [-0.2, -0.15) is 4.31 Å². The van der Waals surface area contributed by atoms with E-state index in [1.54, 1.807) is 33.1 Å². The van der Waals surface area contributed by atoms with Crippen molar-refractivity contribution in [1.29, 1.82) is 0 Å². The molecule has 0 unspecified atom stereocenters. The number of rotatable bonds is 14. The van der Waals surface area contributed by atoms with E-state index in [4.69, 9.17) is 14.2 Å². The van der Waals surface area contributed by atoms with Crippen molar-refractivity contribution in [3.05, 3.63) is 23.3 Å².